The summed E-state index contributed by atoms with van der Waals surface area (Å²) in [6.45, 7) is 3.90. The van der Waals surface area contributed by atoms with Crippen molar-refractivity contribution >= 4 is 27.8 Å². The normalized spacial score (nSPS) is 11.6. The molecule has 98 valence electrons. The molecule has 0 radical (unpaired) electrons. The number of thiophene rings is 1. The first-order valence-corrected chi connectivity index (χ1v) is 7.99. The van der Waals surface area contributed by atoms with Gasteiger partial charge in [-0.05, 0) is 0 Å². The summed E-state index contributed by atoms with van der Waals surface area (Å²) in [5, 5.41) is 8.99. The van der Waals surface area contributed by atoms with Gasteiger partial charge in [-0.3, -0.25) is 0 Å². The number of imidazole rings is 1. The van der Waals surface area contributed by atoms with Crippen LogP contribution in [0.2, 0.25) is 0 Å². The van der Waals surface area contributed by atoms with Gasteiger partial charge in [-0.25, -0.2) is 0 Å². The quantitative estimate of drug-likeness (QED) is 0.790. The van der Waals surface area contributed by atoms with Crippen LogP contribution in [-0.4, -0.2) is 20.5 Å². The molecule has 1 N–H and O–H groups in total. The predicted molar refractivity (Wildman–Crippen MR) is 72.3 cm³/mol. The number of rotatable bonds is 4. The second-order valence-corrected chi connectivity index (χ2v) is 6.11. The molecule has 2 heterocycles. The van der Waals surface area contributed by atoms with Crippen LogP contribution in [-0.2, 0) is 19.4 Å². The van der Waals surface area contributed by atoms with Gasteiger partial charge in [-0.1, -0.05) is 0 Å². The molecule has 0 aromatic carbocycles. The zero-order chi connectivity index (χ0) is 14.0. The SMILES string of the molecule is C/C([CH]=[W])=C/c1ncc(-c2cc(C(=O)O)sc2C)[n-]1. The minimum atomic E-state index is -0.904. The summed E-state index contributed by atoms with van der Waals surface area (Å²) in [5.74, 6) is -0.245. The van der Waals surface area contributed by atoms with Crippen LogP contribution in [0.5, 0.6) is 0 Å². The summed E-state index contributed by atoms with van der Waals surface area (Å²) in [6, 6.07) is 1.66. The molecule has 0 aliphatic carbocycles. The predicted octanol–water partition coefficient (Wildman–Crippen LogP) is 2.53. The number of carboxylic acid groups (broad SMARTS) is 1. The molecule has 0 aliphatic heterocycles. The van der Waals surface area contributed by atoms with Gasteiger partial charge in [0, 0.05) is 0 Å². The van der Waals surface area contributed by atoms with Gasteiger partial charge in [0.2, 0.25) is 0 Å². The van der Waals surface area contributed by atoms with E-state index in [4.69, 9.17) is 5.11 Å². The van der Waals surface area contributed by atoms with Crippen LogP contribution >= 0.6 is 11.3 Å². The van der Waals surface area contributed by atoms with Crippen molar-refractivity contribution in [3.05, 3.63) is 33.4 Å². The molecule has 0 saturated carbocycles. The Kier molecular flexibility index (Phi) is 4.27. The van der Waals surface area contributed by atoms with Crippen molar-refractivity contribution in [1.29, 1.82) is 0 Å². The van der Waals surface area contributed by atoms with Crippen molar-refractivity contribution in [2.45, 2.75) is 13.8 Å². The van der Waals surface area contributed by atoms with Crippen molar-refractivity contribution in [2.24, 2.45) is 0 Å². The van der Waals surface area contributed by atoms with Crippen LogP contribution in [0, 0.1) is 6.92 Å². The zero-order valence-electron chi connectivity index (χ0n) is 10.4. The third kappa shape index (κ3) is 3.17. The topological polar surface area (TPSA) is 64.3 Å². The maximum atomic E-state index is 11.0. The second-order valence-electron chi connectivity index (χ2n) is 4.01. The van der Waals surface area contributed by atoms with E-state index in [1.54, 1.807) is 12.3 Å². The van der Waals surface area contributed by atoms with E-state index in [1.807, 2.05) is 19.9 Å². The molecule has 0 unspecified atom stereocenters. The van der Waals surface area contributed by atoms with E-state index < -0.39 is 5.97 Å². The number of aryl methyl sites for hydroxylation is 1. The van der Waals surface area contributed by atoms with Gasteiger partial charge in [-0.15, -0.1) is 0 Å². The van der Waals surface area contributed by atoms with E-state index in [0.29, 0.717) is 10.7 Å². The molecule has 0 saturated heterocycles. The van der Waals surface area contributed by atoms with Gasteiger partial charge in [0.15, 0.2) is 0 Å². The van der Waals surface area contributed by atoms with Crippen molar-refractivity contribution in [3.63, 3.8) is 0 Å². The first kappa shape index (κ1) is 14.1. The van der Waals surface area contributed by atoms with E-state index >= 15 is 0 Å². The Morgan fingerprint density at radius 1 is 1.58 bits per heavy atom. The summed E-state index contributed by atoms with van der Waals surface area (Å²) in [5.41, 5.74) is 2.70. The molecule has 0 atom stereocenters. The molecule has 0 spiro atoms. The first-order chi connectivity index (χ1) is 9.01. The van der Waals surface area contributed by atoms with Gasteiger partial charge < -0.3 is 0 Å². The Hall–Kier alpha value is -1.32. The van der Waals surface area contributed by atoms with E-state index in [2.05, 4.69) is 14.4 Å². The van der Waals surface area contributed by atoms with Crippen LogP contribution in [0.25, 0.3) is 17.3 Å². The van der Waals surface area contributed by atoms with Crippen LogP contribution in [0.3, 0.4) is 0 Å². The fraction of sp³-hybridized carbons (Fsp3) is 0.154. The Morgan fingerprint density at radius 2 is 2.32 bits per heavy atom. The summed E-state index contributed by atoms with van der Waals surface area (Å²) in [6.07, 6.45) is 3.60. The molecule has 2 aromatic heterocycles. The van der Waals surface area contributed by atoms with Gasteiger partial charge in [0.05, 0.1) is 0 Å². The van der Waals surface area contributed by atoms with Gasteiger partial charge in [0.25, 0.3) is 0 Å². The molecule has 4 nitrogen and oxygen atoms in total. The molecule has 2 rings (SSSR count). The zero-order valence-corrected chi connectivity index (χ0v) is 14.1. The Balaban J connectivity index is 2.38. The summed E-state index contributed by atoms with van der Waals surface area (Å²) < 4.78 is 2.06. The molecule has 19 heavy (non-hydrogen) atoms. The number of aromatic nitrogens is 2. The van der Waals surface area contributed by atoms with Gasteiger partial charge in [0.1, 0.15) is 0 Å². The van der Waals surface area contributed by atoms with Gasteiger partial charge >= 0.3 is 126 Å². The summed E-state index contributed by atoms with van der Waals surface area (Å²) in [4.78, 5) is 20.9. The number of hydrogen-bond donors (Lipinski definition) is 1. The van der Waals surface area contributed by atoms with E-state index in [0.717, 1.165) is 21.7 Å². The Morgan fingerprint density at radius 3 is 2.89 bits per heavy atom. The fourth-order valence-electron chi connectivity index (χ4n) is 1.59. The number of hydrogen-bond acceptors (Lipinski definition) is 3. The van der Waals surface area contributed by atoms with Crippen LogP contribution in [0.4, 0.5) is 0 Å². The molecule has 0 aliphatic rings. The summed E-state index contributed by atoms with van der Waals surface area (Å²) >= 11 is 2.64. The van der Waals surface area contributed by atoms with E-state index in [9.17, 15) is 4.79 Å². The van der Waals surface area contributed by atoms with E-state index in [-0.39, 0.29) is 0 Å². The van der Waals surface area contributed by atoms with Crippen molar-refractivity contribution in [3.8, 4) is 11.3 Å². The van der Waals surface area contributed by atoms with Crippen LogP contribution < -0.4 is 4.98 Å². The molecule has 0 amide bonds. The Bertz CT molecular complexity index is 670. The second kappa shape index (κ2) is 5.76. The van der Waals surface area contributed by atoms with E-state index in [1.165, 1.54) is 30.7 Å². The molecular formula is C13H11N2O2SW-. The molecule has 6 heteroatoms. The van der Waals surface area contributed by atoms with Crippen LogP contribution in [0.15, 0.2) is 17.8 Å². The molecular weight excluding hydrogens is 432 g/mol. The minimum absolute atomic E-state index is 0.328. The number of carbonyl (C=O) groups is 1. The summed E-state index contributed by atoms with van der Waals surface area (Å²) in [7, 11) is 0. The molecule has 0 fully saturated rings. The fourth-order valence-corrected chi connectivity index (χ4v) is 2.70. The Labute approximate surface area is 125 Å². The molecule has 2 aromatic rings. The van der Waals surface area contributed by atoms with Crippen LogP contribution in [0.1, 0.15) is 27.3 Å². The number of carboxylic acids is 1. The van der Waals surface area contributed by atoms with Crippen molar-refractivity contribution in [1.82, 2.24) is 9.97 Å². The first-order valence-electron chi connectivity index (χ1n) is 5.48. The number of nitrogens with zero attached hydrogens (tertiary/aromatic N) is 2. The van der Waals surface area contributed by atoms with Crippen molar-refractivity contribution < 1.29 is 29.3 Å². The maximum absolute atomic E-state index is 11.0. The third-order valence-corrected chi connectivity index (χ3v) is 4.88. The standard InChI is InChI=1S/C13H12N2O2S.W/c1-7(2)4-12-14-6-10(15-12)9-5-11(13(16)17)18-8(9)3;/h1,4-6H,2-3H3,(H2,14,15,16,17);/p-1/b7-4+;. The molecule has 0 bridgehead atoms. The number of aromatic carboxylic acids is 1. The third-order valence-electron chi connectivity index (χ3n) is 2.50. The average molecular weight is 443 g/mol. The van der Waals surface area contributed by atoms with Crippen molar-refractivity contribution in [2.75, 3.05) is 0 Å². The monoisotopic (exact) mass is 443 g/mol. The average Bonchev–Trinajstić information content (AvgIpc) is 2.95. The van der Waals surface area contributed by atoms with Gasteiger partial charge in [-0.2, -0.15) is 0 Å². The number of allylic oxidation sites excluding steroid dienone is 1.